The second-order valence-electron chi connectivity index (χ2n) is 6.77. The predicted octanol–water partition coefficient (Wildman–Crippen LogP) is 3.02. The quantitative estimate of drug-likeness (QED) is 0.743. The lowest BCUT2D eigenvalue weighted by Crippen LogP contribution is -2.39. The molecule has 1 heterocycles. The molecule has 5 nitrogen and oxygen atoms in total. The van der Waals surface area contributed by atoms with E-state index in [1.807, 2.05) is 24.3 Å². The highest BCUT2D eigenvalue weighted by molar-refractivity contribution is 5.94. The van der Waals surface area contributed by atoms with Gasteiger partial charge in [0.1, 0.15) is 5.75 Å². The zero-order valence-electron chi connectivity index (χ0n) is 15.1. The molecule has 5 heteroatoms. The van der Waals surface area contributed by atoms with Crippen LogP contribution in [0.2, 0.25) is 0 Å². The third-order valence-electron chi connectivity index (χ3n) is 4.33. The van der Waals surface area contributed by atoms with Crippen molar-refractivity contribution < 1.29 is 14.3 Å². The van der Waals surface area contributed by atoms with Crippen LogP contribution in [0.25, 0.3) is 0 Å². The number of ether oxygens (including phenoxy) is 2. The summed E-state index contributed by atoms with van der Waals surface area (Å²) in [5.74, 6) is 1.44. The standard InChI is InChI=1S/C19H30N2O3/c1-15(2)14-24-13-12-21-10-8-16(9-11-21)19(22)20-17-6-4-5-7-18(17)23-3/h4-7,15-16H,8-14H2,1-3H3,(H,20,22). The minimum atomic E-state index is 0.0720. The van der Waals surface area contributed by atoms with Crippen molar-refractivity contribution in [1.82, 2.24) is 4.90 Å². The van der Waals surface area contributed by atoms with Crippen LogP contribution in [-0.2, 0) is 9.53 Å². The molecule has 0 radical (unpaired) electrons. The number of methoxy groups -OCH3 is 1. The number of carbonyl (C=O) groups excluding carboxylic acids is 1. The Bertz CT molecular complexity index is 511. The van der Waals surface area contributed by atoms with Crippen molar-refractivity contribution in [2.24, 2.45) is 11.8 Å². The molecule has 0 aliphatic carbocycles. The van der Waals surface area contributed by atoms with E-state index >= 15 is 0 Å². The van der Waals surface area contributed by atoms with Crippen molar-refractivity contribution in [2.45, 2.75) is 26.7 Å². The number of likely N-dealkylation sites (tertiary alicyclic amines) is 1. The summed E-state index contributed by atoms with van der Waals surface area (Å²) in [6.45, 7) is 8.77. The molecule has 0 bridgehead atoms. The van der Waals surface area contributed by atoms with Gasteiger partial charge in [-0.05, 0) is 44.0 Å². The molecule has 2 rings (SSSR count). The van der Waals surface area contributed by atoms with E-state index in [0.29, 0.717) is 11.7 Å². The summed E-state index contributed by atoms with van der Waals surface area (Å²) >= 11 is 0. The van der Waals surface area contributed by atoms with Crippen LogP contribution in [0, 0.1) is 11.8 Å². The molecule has 1 fully saturated rings. The van der Waals surface area contributed by atoms with Gasteiger partial charge in [0.15, 0.2) is 0 Å². The zero-order valence-corrected chi connectivity index (χ0v) is 15.1. The van der Waals surface area contributed by atoms with E-state index in [2.05, 4.69) is 24.1 Å². The highest BCUT2D eigenvalue weighted by Gasteiger charge is 2.25. The summed E-state index contributed by atoms with van der Waals surface area (Å²) in [5, 5.41) is 3.00. The Morgan fingerprint density at radius 2 is 2.00 bits per heavy atom. The highest BCUT2D eigenvalue weighted by atomic mass is 16.5. The minimum Gasteiger partial charge on any atom is -0.495 e. The topological polar surface area (TPSA) is 50.8 Å². The van der Waals surface area contributed by atoms with Gasteiger partial charge >= 0.3 is 0 Å². The number of hydrogen-bond acceptors (Lipinski definition) is 4. The first-order valence-electron chi connectivity index (χ1n) is 8.84. The second kappa shape index (κ2) is 9.64. The Kier molecular flexibility index (Phi) is 7.53. The minimum absolute atomic E-state index is 0.0720. The summed E-state index contributed by atoms with van der Waals surface area (Å²) in [6.07, 6.45) is 1.79. The lowest BCUT2D eigenvalue weighted by Gasteiger charge is -2.31. The third kappa shape index (κ3) is 5.80. The highest BCUT2D eigenvalue weighted by Crippen LogP contribution is 2.25. The van der Waals surface area contributed by atoms with Crippen LogP contribution in [0.15, 0.2) is 24.3 Å². The normalized spacial score (nSPS) is 16.3. The third-order valence-corrected chi connectivity index (χ3v) is 4.33. The number of anilines is 1. The number of nitrogens with one attached hydrogen (secondary N) is 1. The van der Waals surface area contributed by atoms with Crippen molar-refractivity contribution in [3.63, 3.8) is 0 Å². The Labute approximate surface area is 145 Å². The molecule has 1 aromatic carbocycles. The first-order chi connectivity index (χ1) is 11.6. The number of carbonyl (C=O) groups is 1. The number of hydrogen-bond donors (Lipinski definition) is 1. The smallest absolute Gasteiger partial charge is 0.227 e. The van der Waals surface area contributed by atoms with Crippen LogP contribution in [0.4, 0.5) is 5.69 Å². The lowest BCUT2D eigenvalue weighted by atomic mass is 9.96. The van der Waals surface area contributed by atoms with Gasteiger partial charge in [0.2, 0.25) is 5.91 Å². The lowest BCUT2D eigenvalue weighted by molar-refractivity contribution is -0.121. The molecule has 1 aliphatic heterocycles. The van der Waals surface area contributed by atoms with E-state index in [9.17, 15) is 4.79 Å². The molecule has 134 valence electrons. The number of para-hydroxylation sites is 2. The summed E-state index contributed by atoms with van der Waals surface area (Å²) in [5.41, 5.74) is 0.745. The number of piperidine rings is 1. The molecule has 0 aromatic heterocycles. The fraction of sp³-hybridized carbons (Fsp3) is 0.632. The summed E-state index contributed by atoms with van der Waals surface area (Å²) in [7, 11) is 1.62. The fourth-order valence-corrected chi connectivity index (χ4v) is 2.91. The van der Waals surface area contributed by atoms with Crippen molar-refractivity contribution in [3.05, 3.63) is 24.3 Å². The molecule has 0 unspecified atom stereocenters. The van der Waals surface area contributed by atoms with Gasteiger partial charge in [-0.2, -0.15) is 0 Å². The predicted molar refractivity (Wildman–Crippen MR) is 96.4 cm³/mol. The van der Waals surface area contributed by atoms with Crippen LogP contribution in [0.1, 0.15) is 26.7 Å². The average molecular weight is 334 g/mol. The molecule has 1 aliphatic rings. The molecule has 0 saturated carbocycles. The fourth-order valence-electron chi connectivity index (χ4n) is 2.91. The number of nitrogens with zero attached hydrogens (tertiary/aromatic N) is 1. The first-order valence-corrected chi connectivity index (χ1v) is 8.84. The van der Waals surface area contributed by atoms with Crippen LogP contribution in [0.5, 0.6) is 5.75 Å². The maximum absolute atomic E-state index is 12.5. The maximum atomic E-state index is 12.5. The van der Waals surface area contributed by atoms with E-state index in [4.69, 9.17) is 9.47 Å². The number of benzene rings is 1. The molecular weight excluding hydrogens is 304 g/mol. The molecule has 1 saturated heterocycles. The van der Waals surface area contributed by atoms with Gasteiger partial charge in [-0.25, -0.2) is 0 Å². The van der Waals surface area contributed by atoms with Gasteiger partial charge in [0.25, 0.3) is 0 Å². The van der Waals surface area contributed by atoms with E-state index in [-0.39, 0.29) is 11.8 Å². The summed E-state index contributed by atoms with van der Waals surface area (Å²) in [4.78, 5) is 14.8. The Hall–Kier alpha value is -1.59. The van der Waals surface area contributed by atoms with Crippen LogP contribution >= 0.6 is 0 Å². The molecule has 1 amide bonds. The molecule has 1 aromatic rings. The van der Waals surface area contributed by atoms with Gasteiger partial charge in [0.05, 0.1) is 19.4 Å². The molecule has 1 N–H and O–H groups in total. The van der Waals surface area contributed by atoms with Crippen molar-refractivity contribution in [3.8, 4) is 5.75 Å². The first kappa shape index (κ1) is 18.7. The summed E-state index contributed by atoms with van der Waals surface area (Å²) in [6, 6.07) is 7.53. The monoisotopic (exact) mass is 334 g/mol. The van der Waals surface area contributed by atoms with Crippen LogP contribution in [0.3, 0.4) is 0 Å². The molecular formula is C19H30N2O3. The Balaban J connectivity index is 1.72. The Morgan fingerprint density at radius 1 is 1.29 bits per heavy atom. The molecule has 0 spiro atoms. The molecule has 24 heavy (non-hydrogen) atoms. The van der Waals surface area contributed by atoms with Gasteiger partial charge < -0.3 is 19.7 Å². The zero-order chi connectivity index (χ0) is 17.4. The van der Waals surface area contributed by atoms with Gasteiger partial charge in [-0.15, -0.1) is 0 Å². The summed E-state index contributed by atoms with van der Waals surface area (Å²) < 4.78 is 10.9. The number of amides is 1. The van der Waals surface area contributed by atoms with Gasteiger partial charge in [-0.3, -0.25) is 4.79 Å². The van der Waals surface area contributed by atoms with Crippen molar-refractivity contribution in [1.29, 1.82) is 0 Å². The van der Waals surface area contributed by atoms with E-state index < -0.39 is 0 Å². The van der Waals surface area contributed by atoms with Crippen LogP contribution < -0.4 is 10.1 Å². The Morgan fingerprint density at radius 3 is 2.67 bits per heavy atom. The largest absolute Gasteiger partial charge is 0.495 e. The number of rotatable bonds is 8. The SMILES string of the molecule is COc1ccccc1NC(=O)C1CCN(CCOCC(C)C)CC1. The molecule has 0 atom stereocenters. The van der Waals surface area contributed by atoms with Gasteiger partial charge in [0, 0.05) is 19.1 Å². The van der Waals surface area contributed by atoms with Gasteiger partial charge in [-0.1, -0.05) is 26.0 Å². The van der Waals surface area contributed by atoms with E-state index in [0.717, 1.165) is 51.4 Å². The maximum Gasteiger partial charge on any atom is 0.227 e. The second-order valence-corrected chi connectivity index (χ2v) is 6.77. The van der Waals surface area contributed by atoms with Crippen molar-refractivity contribution in [2.75, 3.05) is 45.3 Å². The average Bonchev–Trinajstić information content (AvgIpc) is 2.59. The van der Waals surface area contributed by atoms with Crippen LogP contribution in [-0.4, -0.2) is 50.8 Å². The van der Waals surface area contributed by atoms with E-state index in [1.165, 1.54) is 0 Å². The van der Waals surface area contributed by atoms with E-state index in [1.54, 1.807) is 7.11 Å². The van der Waals surface area contributed by atoms with Crippen molar-refractivity contribution >= 4 is 11.6 Å².